The van der Waals surface area contributed by atoms with Gasteiger partial charge in [-0.05, 0) is 60.0 Å². The summed E-state index contributed by atoms with van der Waals surface area (Å²) >= 11 is 1.70. The van der Waals surface area contributed by atoms with Gasteiger partial charge in [0.2, 0.25) is 0 Å². The minimum Gasteiger partial charge on any atom is -0.489 e. The minimum atomic E-state index is 0.384. The molecule has 2 aromatic rings. The lowest BCUT2D eigenvalue weighted by molar-refractivity contribution is 0.304. The van der Waals surface area contributed by atoms with Crippen molar-refractivity contribution in [2.75, 3.05) is 6.54 Å². The molecule has 2 nitrogen and oxygen atoms in total. The van der Waals surface area contributed by atoms with Gasteiger partial charge in [-0.25, -0.2) is 0 Å². The molecule has 1 heterocycles. The van der Waals surface area contributed by atoms with Gasteiger partial charge in [0.05, 0.1) is 0 Å². The van der Waals surface area contributed by atoms with Crippen molar-refractivity contribution in [3.63, 3.8) is 0 Å². The fourth-order valence-electron chi connectivity index (χ4n) is 2.06. The molecule has 0 bridgehead atoms. The molecule has 0 aliphatic carbocycles. The number of nitrogens with one attached hydrogen (secondary N) is 1. The van der Waals surface area contributed by atoms with Crippen molar-refractivity contribution in [2.45, 2.75) is 33.4 Å². The monoisotopic (exact) mass is 275 g/mol. The lowest BCUT2D eigenvalue weighted by Crippen LogP contribution is -2.17. The van der Waals surface area contributed by atoms with Crippen LogP contribution in [-0.2, 0) is 6.61 Å². The predicted octanol–water partition coefficient (Wildman–Crippen LogP) is 4.31. The van der Waals surface area contributed by atoms with Crippen LogP contribution in [0.4, 0.5) is 0 Å². The Morgan fingerprint density at radius 2 is 2.16 bits per heavy atom. The van der Waals surface area contributed by atoms with E-state index < -0.39 is 0 Å². The molecule has 2 rings (SSSR count). The smallest absolute Gasteiger partial charge is 0.122 e. The lowest BCUT2D eigenvalue weighted by atomic mass is 10.1. The summed E-state index contributed by atoms with van der Waals surface area (Å²) in [6.45, 7) is 8.04. The third-order valence-corrected chi connectivity index (χ3v) is 3.92. The number of ether oxygens (including phenoxy) is 1. The first kappa shape index (κ1) is 14.1. The van der Waals surface area contributed by atoms with E-state index in [0.717, 1.165) is 12.3 Å². The van der Waals surface area contributed by atoms with Crippen molar-refractivity contribution >= 4 is 11.3 Å². The van der Waals surface area contributed by atoms with Gasteiger partial charge in [0.25, 0.3) is 0 Å². The molecule has 1 aromatic carbocycles. The molecular formula is C16H21NOS. The summed E-state index contributed by atoms with van der Waals surface area (Å²) in [5.74, 6) is 0.971. The second kappa shape index (κ2) is 6.73. The summed E-state index contributed by atoms with van der Waals surface area (Å²) in [6, 6.07) is 8.90. The van der Waals surface area contributed by atoms with Crippen LogP contribution in [0.15, 0.2) is 35.0 Å². The molecule has 0 aliphatic heterocycles. The van der Waals surface area contributed by atoms with Crippen LogP contribution < -0.4 is 10.1 Å². The molecule has 1 N–H and O–H groups in total. The predicted molar refractivity (Wildman–Crippen MR) is 81.9 cm³/mol. The van der Waals surface area contributed by atoms with Crippen molar-refractivity contribution in [2.24, 2.45) is 0 Å². The third-order valence-electron chi connectivity index (χ3n) is 3.18. The van der Waals surface area contributed by atoms with Gasteiger partial charge >= 0.3 is 0 Å². The molecule has 0 fully saturated rings. The van der Waals surface area contributed by atoms with Gasteiger partial charge in [-0.15, -0.1) is 0 Å². The SMILES string of the molecule is CCNC(C)c1ccc(OCc2ccsc2)c(C)c1. The first-order valence-electron chi connectivity index (χ1n) is 6.68. The largest absolute Gasteiger partial charge is 0.489 e. The minimum absolute atomic E-state index is 0.384. The van der Waals surface area contributed by atoms with Gasteiger partial charge in [0.15, 0.2) is 0 Å². The number of hydrogen-bond donors (Lipinski definition) is 1. The number of hydrogen-bond acceptors (Lipinski definition) is 3. The van der Waals surface area contributed by atoms with E-state index in [4.69, 9.17) is 4.74 Å². The number of thiophene rings is 1. The Bertz CT molecular complexity index is 507. The molecule has 1 aromatic heterocycles. The summed E-state index contributed by atoms with van der Waals surface area (Å²) in [5, 5.41) is 7.62. The first-order valence-corrected chi connectivity index (χ1v) is 7.62. The van der Waals surface area contributed by atoms with E-state index in [0.29, 0.717) is 12.6 Å². The summed E-state index contributed by atoms with van der Waals surface area (Å²) in [6.07, 6.45) is 0. The first-order chi connectivity index (χ1) is 9.20. The average molecular weight is 275 g/mol. The molecule has 3 heteroatoms. The van der Waals surface area contributed by atoms with Crippen LogP contribution in [0.3, 0.4) is 0 Å². The Morgan fingerprint density at radius 3 is 2.79 bits per heavy atom. The maximum absolute atomic E-state index is 5.86. The summed E-state index contributed by atoms with van der Waals surface area (Å²) in [7, 11) is 0. The standard InChI is InChI=1S/C16H21NOS/c1-4-17-13(3)15-5-6-16(12(2)9-15)18-10-14-7-8-19-11-14/h5-9,11,13,17H,4,10H2,1-3H3. The van der Waals surface area contributed by atoms with Crippen LogP contribution in [0.2, 0.25) is 0 Å². The van der Waals surface area contributed by atoms with Crippen molar-refractivity contribution in [3.05, 3.63) is 51.7 Å². The van der Waals surface area contributed by atoms with Gasteiger partial charge in [-0.1, -0.05) is 19.1 Å². The highest BCUT2D eigenvalue weighted by molar-refractivity contribution is 7.07. The number of benzene rings is 1. The fourth-order valence-corrected chi connectivity index (χ4v) is 2.72. The van der Waals surface area contributed by atoms with E-state index in [1.165, 1.54) is 16.7 Å². The maximum atomic E-state index is 5.86. The van der Waals surface area contributed by atoms with Crippen molar-refractivity contribution in [1.29, 1.82) is 0 Å². The molecule has 102 valence electrons. The van der Waals surface area contributed by atoms with E-state index in [1.54, 1.807) is 11.3 Å². The number of aryl methyl sites for hydroxylation is 1. The van der Waals surface area contributed by atoms with Gasteiger partial charge in [-0.3, -0.25) is 0 Å². The van der Waals surface area contributed by atoms with Gasteiger partial charge in [0.1, 0.15) is 12.4 Å². The molecule has 0 saturated heterocycles. The van der Waals surface area contributed by atoms with Gasteiger partial charge < -0.3 is 10.1 Å². The second-order valence-electron chi connectivity index (χ2n) is 4.72. The second-order valence-corrected chi connectivity index (χ2v) is 5.50. The van der Waals surface area contributed by atoms with E-state index in [1.807, 2.05) is 0 Å². The van der Waals surface area contributed by atoms with Crippen LogP contribution in [0.5, 0.6) is 5.75 Å². The fraction of sp³-hybridized carbons (Fsp3) is 0.375. The topological polar surface area (TPSA) is 21.3 Å². The Morgan fingerprint density at radius 1 is 1.32 bits per heavy atom. The summed E-state index contributed by atoms with van der Waals surface area (Å²) < 4.78 is 5.86. The Hall–Kier alpha value is -1.32. The highest BCUT2D eigenvalue weighted by Gasteiger charge is 2.07. The van der Waals surface area contributed by atoms with Crippen LogP contribution in [0.1, 0.15) is 36.6 Å². The molecule has 1 unspecified atom stereocenters. The highest BCUT2D eigenvalue weighted by atomic mass is 32.1. The van der Waals surface area contributed by atoms with E-state index in [9.17, 15) is 0 Å². The molecule has 0 radical (unpaired) electrons. The normalized spacial score (nSPS) is 12.4. The summed E-state index contributed by atoms with van der Waals surface area (Å²) in [5.41, 5.74) is 3.73. The quantitative estimate of drug-likeness (QED) is 0.848. The van der Waals surface area contributed by atoms with E-state index in [-0.39, 0.29) is 0 Å². The zero-order valence-electron chi connectivity index (χ0n) is 11.8. The zero-order valence-corrected chi connectivity index (χ0v) is 12.6. The van der Waals surface area contributed by atoms with Crippen molar-refractivity contribution in [1.82, 2.24) is 5.32 Å². The van der Waals surface area contributed by atoms with Crippen molar-refractivity contribution < 1.29 is 4.74 Å². The average Bonchev–Trinajstić information content (AvgIpc) is 2.90. The molecular weight excluding hydrogens is 254 g/mol. The van der Waals surface area contributed by atoms with E-state index in [2.05, 4.69) is 61.1 Å². The van der Waals surface area contributed by atoms with Crippen LogP contribution in [0.25, 0.3) is 0 Å². The molecule has 1 atom stereocenters. The number of rotatable bonds is 6. The molecule has 0 spiro atoms. The third kappa shape index (κ3) is 3.82. The molecule has 0 amide bonds. The molecule has 19 heavy (non-hydrogen) atoms. The molecule has 0 saturated carbocycles. The molecule has 0 aliphatic rings. The zero-order chi connectivity index (χ0) is 13.7. The lowest BCUT2D eigenvalue weighted by Gasteiger charge is -2.15. The Balaban J connectivity index is 2.02. The van der Waals surface area contributed by atoms with E-state index >= 15 is 0 Å². The van der Waals surface area contributed by atoms with Crippen LogP contribution in [0, 0.1) is 6.92 Å². The van der Waals surface area contributed by atoms with Crippen LogP contribution in [-0.4, -0.2) is 6.54 Å². The maximum Gasteiger partial charge on any atom is 0.122 e. The summed E-state index contributed by atoms with van der Waals surface area (Å²) in [4.78, 5) is 0. The highest BCUT2D eigenvalue weighted by Crippen LogP contribution is 2.23. The van der Waals surface area contributed by atoms with Crippen molar-refractivity contribution in [3.8, 4) is 5.75 Å². The Kier molecular flexibility index (Phi) is 5.00. The van der Waals surface area contributed by atoms with Gasteiger partial charge in [0, 0.05) is 6.04 Å². The van der Waals surface area contributed by atoms with Gasteiger partial charge in [-0.2, -0.15) is 11.3 Å². The van der Waals surface area contributed by atoms with Crippen LogP contribution >= 0.6 is 11.3 Å². The Labute approximate surface area is 119 Å².